The van der Waals surface area contributed by atoms with Crippen LogP contribution in [0.4, 0.5) is 0 Å². The van der Waals surface area contributed by atoms with Crippen molar-refractivity contribution in [2.45, 2.75) is 19.4 Å². The molecule has 1 atom stereocenters. The van der Waals surface area contributed by atoms with Crippen LogP contribution >= 0.6 is 0 Å². The van der Waals surface area contributed by atoms with Crippen LogP contribution in [0.2, 0.25) is 0 Å². The smallest absolute Gasteiger partial charge is 0.0908 e. The Bertz CT molecular complexity index is 493. The Morgan fingerprint density at radius 2 is 2.12 bits per heavy atom. The van der Waals surface area contributed by atoms with Crippen LogP contribution in [0.15, 0.2) is 42.7 Å². The molecule has 1 aromatic carbocycles. The van der Waals surface area contributed by atoms with Crippen LogP contribution in [0.1, 0.15) is 17.0 Å². The van der Waals surface area contributed by atoms with Gasteiger partial charge in [-0.2, -0.15) is 10.4 Å². The van der Waals surface area contributed by atoms with Gasteiger partial charge in [0.15, 0.2) is 0 Å². The van der Waals surface area contributed by atoms with Crippen LogP contribution in [0.25, 0.3) is 0 Å². The van der Waals surface area contributed by atoms with Crippen LogP contribution in [0, 0.1) is 18.3 Å². The third-order valence-corrected chi connectivity index (χ3v) is 2.49. The van der Waals surface area contributed by atoms with Gasteiger partial charge in [-0.1, -0.05) is 30.3 Å². The molecule has 2 rings (SSSR count). The molecule has 0 aliphatic rings. The van der Waals surface area contributed by atoms with E-state index in [9.17, 15) is 0 Å². The van der Waals surface area contributed by atoms with E-state index in [4.69, 9.17) is 5.26 Å². The van der Waals surface area contributed by atoms with E-state index in [0.717, 1.165) is 11.1 Å². The van der Waals surface area contributed by atoms with Gasteiger partial charge in [0, 0.05) is 6.20 Å². The fourth-order valence-corrected chi connectivity index (χ4v) is 1.66. The highest BCUT2D eigenvalue weighted by Crippen LogP contribution is 2.16. The fourth-order valence-electron chi connectivity index (χ4n) is 1.66. The molecular weight excluding hydrogens is 198 g/mol. The van der Waals surface area contributed by atoms with E-state index in [2.05, 4.69) is 11.2 Å². The predicted molar refractivity (Wildman–Crippen MR) is 61.8 cm³/mol. The number of aromatic nitrogens is 2. The maximum absolute atomic E-state index is 9.16. The number of benzene rings is 1. The molecule has 1 aromatic heterocycles. The zero-order valence-electron chi connectivity index (χ0n) is 9.17. The molecule has 1 heterocycles. The fraction of sp³-hybridized carbons (Fsp3) is 0.231. The number of hydrogen-bond acceptors (Lipinski definition) is 2. The summed E-state index contributed by atoms with van der Waals surface area (Å²) in [5, 5.41) is 13.4. The Kier molecular flexibility index (Phi) is 3.02. The van der Waals surface area contributed by atoms with Crippen LogP contribution in [-0.4, -0.2) is 9.78 Å². The number of aryl methyl sites for hydroxylation is 1. The van der Waals surface area contributed by atoms with Crippen molar-refractivity contribution in [3.05, 3.63) is 53.9 Å². The van der Waals surface area contributed by atoms with Crippen molar-refractivity contribution >= 4 is 0 Å². The average Bonchev–Trinajstić information content (AvgIpc) is 2.73. The summed E-state index contributed by atoms with van der Waals surface area (Å²) in [6, 6.07) is 12.1. The van der Waals surface area contributed by atoms with Crippen molar-refractivity contribution in [1.82, 2.24) is 9.78 Å². The van der Waals surface area contributed by atoms with E-state index in [1.165, 1.54) is 0 Å². The van der Waals surface area contributed by atoms with Gasteiger partial charge in [0.2, 0.25) is 0 Å². The second-order valence-corrected chi connectivity index (χ2v) is 3.83. The summed E-state index contributed by atoms with van der Waals surface area (Å²) in [6.45, 7) is 2.60. The van der Waals surface area contributed by atoms with Gasteiger partial charge >= 0.3 is 0 Å². The topological polar surface area (TPSA) is 41.6 Å². The van der Waals surface area contributed by atoms with Crippen molar-refractivity contribution in [3.8, 4) is 6.07 Å². The van der Waals surface area contributed by atoms with E-state index in [-0.39, 0.29) is 5.92 Å². The molecule has 0 saturated heterocycles. The zero-order valence-corrected chi connectivity index (χ0v) is 9.17. The van der Waals surface area contributed by atoms with Gasteiger partial charge in [-0.25, -0.2) is 0 Å². The molecule has 1 unspecified atom stereocenters. The van der Waals surface area contributed by atoms with Crippen molar-refractivity contribution in [2.75, 3.05) is 0 Å². The molecule has 2 aromatic rings. The summed E-state index contributed by atoms with van der Waals surface area (Å²) in [7, 11) is 0. The van der Waals surface area contributed by atoms with Crippen LogP contribution in [0.3, 0.4) is 0 Å². The minimum Gasteiger partial charge on any atom is -0.271 e. The van der Waals surface area contributed by atoms with Crippen molar-refractivity contribution < 1.29 is 0 Å². The number of nitriles is 1. The average molecular weight is 211 g/mol. The first kappa shape index (κ1) is 10.4. The second-order valence-electron chi connectivity index (χ2n) is 3.83. The third-order valence-electron chi connectivity index (χ3n) is 2.49. The van der Waals surface area contributed by atoms with Gasteiger partial charge in [0.05, 0.1) is 24.7 Å². The summed E-state index contributed by atoms with van der Waals surface area (Å²) < 4.78 is 1.82. The first-order valence-corrected chi connectivity index (χ1v) is 5.23. The molecule has 0 amide bonds. The Morgan fingerprint density at radius 1 is 1.38 bits per heavy atom. The number of nitrogens with zero attached hydrogens (tertiary/aromatic N) is 3. The zero-order chi connectivity index (χ0) is 11.4. The lowest BCUT2D eigenvalue weighted by Crippen LogP contribution is -2.07. The third kappa shape index (κ3) is 2.29. The lowest BCUT2D eigenvalue weighted by molar-refractivity contribution is 0.578. The largest absolute Gasteiger partial charge is 0.271 e. The number of rotatable bonds is 3. The van der Waals surface area contributed by atoms with Crippen LogP contribution in [-0.2, 0) is 6.54 Å². The molecule has 0 fully saturated rings. The van der Waals surface area contributed by atoms with Gasteiger partial charge in [-0.3, -0.25) is 4.68 Å². The Labute approximate surface area is 94.9 Å². The SMILES string of the molecule is Cc1cnn(CC(C#N)c2ccccc2)c1. The second kappa shape index (κ2) is 4.63. The molecule has 3 nitrogen and oxygen atoms in total. The maximum atomic E-state index is 9.16. The minimum absolute atomic E-state index is 0.138. The lowest BCUT2D eigenvalue weighted by atomic mass is 10.0. The lowest BCUT2D eigenvalue weighted by Gasteiger charge is -2.09. The highest BCUT2D eigenvalue weighted by atomic mass is 15.3. The molecule has 0 N–H and O–H groups in total. The standard InChI is InChI=1S/C13H13N3/c1-11-8-15-16(9-11)10-13(7-14)12-5-3-2-4-6-12/h2-6,8-9,13H,10H2,1H3. The monoisotopic (exact) mass is 211 g/mol. The van der Waals surface area contributed by atoms with Crippen LogP contribution < -0.4 is 0 Å². The molecule has 0 radical (unpaired) electrons. The van der Waals surface area contributed by atoms with E-state index < -0.39 is 0 Å². The molecule has 3 heteroatoms. The molecule has 80 valence electrons. The molecular formula is C13H13N3. The van der Waals surface area contributed by atoms with Gasteiger partial charge in [-0.15, -0.1) is 0 Å². The van der Waals surface area contributed by atoms with Crippen LogP contribution in [0.5, 0.6) is 0 Å². The van der Waals surface area contributed by atoms with Crippen molar-refractivity contribution in [2.24, 2.45) is 0 Å². The van der Waals surface area contributed by atoms with E-state index in [1.807, 2.05) is 48.1 Å². The van der Waals surface area contributed by atoms with E-state index in [1.54, 1.807) is 6.20 Å². The summed E-state index contributed by atoms with van der Waals surface area (Å²) in [4.78, 5) is 0. The van der Waals surface area contributed by atoms with Crippen molar-refractivity contribution in [1.29, 1.82) is 5.26 Å². The minimum atomic E-state index is -0.138. The molecule has 0 aliphatic heterocycles. The van der Waals surface area contributed by atoms with Gasteiger partial charge < -0.3 is 0 Å². The molecule has 0 saturated carbocycles. The van der Waals surface area contributed by atoms with Gasteiger partial charge in [-0.05, 0) is 18.1 Å². The highest BCUT2D eigenvalue weighted by molar-refractivity contribution is 5.24. The molecule has 0 bridgehead atoms. The molecule has 0 aliphatic carbocycles. The molecule has 16 heavy (non-hydrogen) atoms. The normalized spacial score (nSPS) is 12.0. The Balaban J connectivity index is 2.16. The summed E-state index contributed by atoms with van der Waals surface area (Å²) in [6.07, 6.45) is 3.76. The predicted octanol–water partition coefficient (Wildman–Crippen LogP) is 2.50. The number of hydrogen-bond donors (Lipinski definition) is 0. The van der Waals surface area contributed by atoms with Gasteiger partial charge in [0.25, 0.3) is 0 Å². The quantitative estimate of drug-likeness (QED) is 0.782. The Hall–Kier alpha value is -2.08. The Morgan fingerprint density at radius 3 is 2.69 bits per heavy atom. The first-order chi connectivity index (χ1) is 7.79. The summed E-state index contributed by atoms with van der Waals surface area (Å²) in [5.41, 5.74) is 2.16. The summed E-state index contributed by atoms with van der Waals surface area (Å²) >= 11 is 0. The maximum Gasteiger partial charge on any atom is 0.0908 e. The summed E-state index contributed by atoms with van der Waals surface area (Å²) in [5.74, 6) is -0.138. The van der Waals surface area contributed by atoms with E-state index in [0.29, 0.717) is 6.54 Å². The first-order valence-electron chi connectivity index (χ1n) is 5.23. The van der Waals surface area contributed by atoms with Gasteiger partial charge in [0.1, 0.15) is 0 Å². The van der Waals surface area contributed by atoms with E-state index >= 15 is 0 Å². The molecule has 0 spiro atoms. The van der Waals surface area contributed by atoms with Crippen molar-refractivity contribution in [3.63, 3.8) is 0 Å². The highest BCUT2D eigenvalue weighted by Gasteiger charge is 2.10.